The van der Waals surface area contributed by atoms with Gasteiger partial charge >= 0.3 is 0 Å². The Morgan fingerprint density at radius 3 is 2.70 bits per heavy atom. The Balaban J connectivity index is 1.23. The van der Waals surface area contributed by atoms with E-state index in [0.717, 1.165) is 47.4 Å². The van der Waals surface area contributed by atoms with Gasteiger partial charge < -0.3 is 10.2 Å². The number of nitrogens with one attached hydrogen (secondary N) is 1. The number of benzene rings is 1. The minimum Gasteiger partial charge on any atom is -0.351 e. The van der Waals surface area contributed by atoms with Crippen LogP contribution in [0, 0.1) is 0 Å². The summed E-state index contributed by atoms with van der Waals surface area (Å²) in [5.41, 5.74) is 3.38. The van der Waals surface area contributed by atoms with Gasteiger partial charge in [-0.1, -0.05) is 6.07 Å². The maximum absolute atomic E-state index is 13.0. The third kappa shape index (κ3) is 3.60. The van der Waals surface area contributed by atoms with Gasteiger partial charge in [-0.3, -0.25) is 14.4 Å². The van der Waals surface area contributed by atoms with Crippen molar-refractivity contribution in [2.45, 2.75) is 18.5 Å². The molecule has 166 valence electrons. The first-order valence-electron chi connectivity index (χ1n) is 11.0. The molecule has 0 aliphatic carbocycles. The van der Waals surface area contributed by atoms with Crippen LogP contribution in [-0.4, -0.2) is 68.0 Å². The first-order chi connectivity index (χ1) is 16.0. The van der Waals surface area contributed by atoms with Gasteiger partial charge in [0.25, 0.3) is 5.91 Å². The summed E-state index contributed by atoms with van der Waals surface area (Å²) in [4.78, 5) is 22.2. The van der Waals surface area contributed by atoms with Crippen LogP contribution in [0.5, 0.6) is 0 Å². The molecule has 2 bridgehead atoms. The molecule has 0 saturated carbocycles. The van der Waals surface area contributed by atoms with Crippen molar-refractivity contribution in [3.8, 4) is 11.1 Å². The minimum absolute atomic E-state index is 0.225. The molecule has 33 heavy (non-hydrogen) atoms. The molecule has 1 amide bonds. The zero-order valence-corrected chi connectivity index (χ0v) is 18.5. The second kappa shape index (κ2) is 7.63. The fourth-order valence-electron chi connectivity index (χ4n) is 4.91. The molecule has 4 aromatic rings. The first-order valence-corrected chi connectivity index (χ1v) is 11.0. The summed E-state index contributed by atoms with van der Waals surface area (Å²) in [5, 5.41) is 16.5. The van der Waals surface area contributed by atoms with E-state index < -0.39 is 0 Å². The summed E-state index contributed by atoms with van der Waals surface area (Å²) >= 11 is 0. The molecule has 3 aromatic heterocycles. The van der Waals surface area contributed by atoms with Gasteiger partial charge in [0.2, 0.25) is 0 Å². The van der Waals surface area contributed by atoms with Crippen molar-refractivity contribution < 1.29 is 4.79 Å². The molecule has 2 aliphatic rings. The van der Waals surface area contributed by atoms with E-state index in [0.29, 0.717) is 23.5 Å². The first kappa shape index (κ1) is 19.8. The maximum Gasteiger partial charge on any atom is 0.257 e. The van der Waals surface area contributed by atoms with Crippen molar-refractivity contribution in [1.29, 1.82) is 0 Å². The number of piperazine rings is 1. The molecule has 2 aliphatic heterocycles. The predicted molar refractivity (Wildman–Crippen MR) is 126 cm³/mol. The molecule has 6 rings (SSSR count). The normalized spacial score (nSPS) is 20.0. The Kier molecular flexibility index (Phi) is 4.58. The number of likely N-dealkylation sites (N-methyl/N-ethyl adjacent to an activating group) is 1. The van der Waals surface area contributed by atoms with Gasteiger partial charge in [-0.25, -0.2) is 4.98 Å². The summed E-state index contributed by atoms with van der Waals surface area (Å²) < 4.78 is 1.77. The Morgan fingerprint density at radius 2 is 1.94 bits per heavy atom. The van der Waals surface area contributed by atoms with Crippen molar-refractivity contribution in [3.63, 3.8) is 0 Å². The molecule has 0 radical (unpaired) electrons. The molecule has 1 aromatic carbocycles. The van der Waals surface area contributed by atoms with Gasteiger partial charge in [0.15, 0.2) is 5.82 Å². The highest BCUT2D eigenvalue weighted by molar-refractivity contribution is 6.04. The number of likely N-dealkylation sites (tertiary alicyclic amines) is 1. The fraction of sp³-hybridized carbons (Fsp3) is 0.292. The summed E-state index contributed by atoms with van der Waals surface area (Å²) in [7, 11) is 4.06. The quantitative estimate of drug-likeness (QED) is 0.521. The third-order valence-electron chi connectivity index (χ3n) is 6.68. The zero-order chi connectivity index (χ0) is 22.5. The predicted octanol–water partition coefficient (Wildman–Crippen LogP) is 2.57. The third-order valence-corrected chi connectivity index (χ3v) is 6.68. The summed E-state index contributed by atoms with van der Waals surface area (Å²) in [6.07, 6.45) is 6.64. The largest absolute Gasteiger partial charge is 0.351 e. The van der Waals surface area contributed by atoms with E-state index >= 15 is 0 Å². The van der Waals surface area contributed by atoms with Gasteiger partial charge in [-0.15, -0.1) is 10.2 Å². The fourth-order valence-corrected chi connectivity index (χ4v) is 4.91. The molecule has 2 fully saturated rings. The van der Waals surface area contributed by atoms with E-state index in [1.54, 1.807) is 16.9 Å². The van der Waals surface area contributed by atoms with Crippen LogP contribution in [0.25, 0.3) is 22.0 Å². The monoisotopic (exact) mass is 440 g/mol. The van der Waals surface area contributed by atoms with E-state index in [4.69, 9.17) is 0 Å². The highest BCUT2D eigenvalue weighted by Crippen LogP contribution is 2.33. The number of carbonyl (C=O) groups is 1. The minimum atomic E-state index is -0.225. The lowest BCUT2D eigenvalue weighted by Crippen LogP contribution is -2.44. The second-order valence-corrected chi connectivity index (χ2v) is 8.90. The van der Waals surface area contributed by atoms with Crippen LogP contribution in [0.1, 0.15) is 16.8 Å². The lowest BCUT2D eigenvalue weighted by molar-refractivity contribution is 0.102. The Morgan fingerprint density at radius 1 is 1.03 bits per heavy atom. The van der Waals surface area contributed by atoms with E-state index in [-0.39, 0.29) is 5.91 Å². The smallest absolute Gasteiger partial charge is 0.257 e. The Hall–Kier alpha value is -3.85. The highest BCUT2D eigenvalue weighted by Gasteiger charge is 2.42. The average molecular weight is 441 g/mol. The number of anilines is 2. The molecule has 2 atom stereocenters. The Bertz CT molecular complexity index is 1360. The van der Waals surface area contributed by atoms with Crippen LogP contribution in [-0.2, 0) is 7.05 Å². The van der Waals surface area contributed by atoms with E-state index in [9.17, 15) is 4.79 Å². The maximum atomic E-state index is 13.0. The molecule has 9 nitrogen and oxygen atoms in total. The van der Waals surface area contributed by atoms with Gasteiger partial charge in [-0.05, 0) is 49.4 Å². The number of hydrogen-bond acceptors (Lipinski definition) is 7. The Labute approximate surface area is 191 Å². The van der Waals surface area contributed by atoms with Gasteiger partial charge in [0, 0.05) is 61.1 Å². The summed E-state index contributed by atoms with van der Waals surface area (Å²) in [6.45, 7) is 1.99. The summed E-state index contributed by atoms with van der Waals surface area (Å²) in [6, 6.07) is 12.4. The average Bonchev–Trinajstić information content (AvgIpc) is 3.54. The molecular formula is C24H24N8O. The topological polar surface area (TPSA) is 92.1 Å². The van der Waals surface area contributed by atoms with Crippen LogP contribution in [0.15, 0.2) is 55.0 Å². The number of nitrogens with zero attached hydrogens (tertiary/aromatic N) is 7. The number of rotatable bonds is 4. The number of hydrogen-bond donors (Lipinski definition) is 1. The van der Waals surface area contributed by atoms with Gasteiger partial charge in [-0.2, -0.15) is 5.10 Å². The molecule has 2 saturated heterocycles. The van der Waals surface area contributed by atoms with Crippen molar-refractivity contribution in [3.05, 3.63) is 60.6 Å². The molecule has 0 spiro atoms. The number of pyridine rings is 1. The van der Waals surface area contributed by atoms with Crippen LogP contribution in [0.2, 0.25) is 0 Å². The number of aryl methyl sites for hydroxylation is 1. The lowest BCUT2D eigenvalue weighted by Gasteiger charge is -2.32. The van der Waals surface area contributed by atoms with Crippen LogP contribution >= 0.6 is 0 Å². The number of fused-ring (bicyclic) bond motifs is 3. The molecule has 5 heterocycles. The van der Waals surface area contributed by atoms with Crippen molar-refractivity contribution >= 4 is 28.4 Å². The van der Waals surface area contributed by atoms with Crippen molar-refractivity contribution in [2.24, 2.45) is 7.05 Å². The lowest BCUT2D eigenvalue weighted by atomic mass is 10.1. The van der Waals surface area contributed by atoms with Crippen molar-refractivity contribution in [1.82, 2.24) is 29.9 Å². The molecular weight excluding hydrogens is 416 g/mol. The number of aromatic nitrogens is 5. The summed E-state index contributed by atoms with van der Waals surface area (Å²) in [5.74, 6) is 1.04. The number of amides is 1. The van der Waals surface area contributed by atoms with Crippen LogP contribution < -0.4 is 10.2 Å². The SMILES string of the molecule is CN1CC2CC1CN2c1cc(C(=O)Nc2cc3cc(-c4cnn(C)c4)ccc3nn2)ccn1. The van der Waals surface area contributed by atoms with Crippen LogP contribution in [0.4, 0.5) is 11.6 Å². The van der Waals surface area contributed by atoms with E-state index in [2.05, 4.69) is 42.4 Å². The zero-order valence-electron chi connectivity index (χ0n) is 18.5. The van der Waals surface area contributed by atoms with E-state index in [1.807, 2.05) is 49.8 Å². The molecule has 2 unspecified atom stereocenters. The van der Waals surface area contributed by atoms with Gasteiger partial charge in [0.05, 0.1) is 11.7 Å². The number of carbonyl (C=O) groups excluding carboxylic acids is 1. The van der Waals surface area contributed by atoms with Crippen LogP contribution in [0.3, 0.4) is 0 Å². The molecule has 9 heteroatoms. The highest BCUT2D eigenvalue weighted by atomic mass is 16.1. The molecule has 1 N–H and O–H groups in total. The van der Waals surface area contributed by atoms with E-state index in [1.165, 1.54) is 0 Å². The second-order valence-electron chi connectivity index (χ2n) is 8.90. The standard InChI is InChI=1S/C24H24N8O/c1-30-13-20-10-19(30)14-32(20)23-9-16(5-6-25-23)24(33)27-22-8-17-7-15(3-4-21(17)28-29-22)18-11-26-31(2)12-18/h3-9,11-12,19-20H,10,13-14H2,1-2H3,(H,27,29,33). The van der Waals surface area contributed by atoms with Crippen molar-refractivity contribution in [2.75, 3.05) is 30.4 Å². The van der Waals surface area contributed by atoms with Gasteiger partial charge in [0.1, 0.15) is 5.82 Å².